The number of nitrogens with zero attached hydrogens (tertiary/aromatic N) is 4. The molecule has 3 saturated heterocycles. The van der Waals surface area contributed by atoms with E-state index in [1.54, 1.807) is 26.2 Å². The van der Waals surface area contributed by atoms with Crippen molar-refractivity contribution in [2.75, 3.05) is 54.5 Å². The first kappa shape index (κ1) is 47.5. The summed E-state index contributed by atoms with van der Waals surface area (Å²) in [6, 6.07) is 9.19. The van der Waals surface area contributed by atoms with Crippen molar-refractivity contribution < 1.29 is 33.4 Å². The zero-order valence-corrected chi connectivity index (χ0v) is 37.5. The molecule has 11 heteroatoms. The van der Waals surface area contributed by atoms with Gasteiger partial charge in [-0.05, 0) is 89.3 Å². The van der Waals surface area contributed by atoms with Crippen LogP contribution in [0.2, 0.25) is 0 Å². The van der Waals surface area contributed by atoms with Crippen molar-refractivity contribution in [1.29, 1.82) is 0 Å². The van der Waals surface area contributed by atoms with E-state index >= 15 is 0 Å². The van der Waals surface area contributed by atoms with E-state index in [4.69, 9.17) is 9.47 Å². The first-order valence-corrected chi connectivity index (χ1v) is 22.3. The lowest BCUT2D eigenvalue weighted by Gasteiger charge is -2.41. The fourth-order valence-corrected chi connectivity index (χ4v) is 10.0. The second kappa shape index (κ2) is 21.9. The molecule has 0 unspecified atom stereocenters. The third-order valence-electron chi connectivity index (χ3n) is 14.3. The lowest BCUT2D eigenvalue weighted by Crippen LogP contribution is -2.54. The van der Waals surface area contributed by atoms with Crippen LogP contribution in [-0.4, -0.2) is 133 Å². The summed E-state index contributed by atoms with van der Waals surface area (Å²) >= 11 is 0. The van der Waals surface area contributed by atoms with Crippen molar-refractivity contribution in [3.05, 3.63) is 35.9 Å². The summed E-state index contributed by atoms with van der Waals surface area (Å²) in [5, 5.41) is 0. The van der Waals surface area contributed by atoms with Gasteiger partial charge in [0.15, 0.2) is 5.78 Å². The second-order valence-electron chi connectivity index (χ2n) is 18.3. The Morgan fingerprint density at radius 1 is 0.862 bits per heavy atom. The number of Topliss-reactive ketones (excluding diaryl/α,β-unsaturated/α-hetero) is 2. The van der Waals surface area contributed by atoms with Crippen LogP contribution in [0.15, 0.2) is 30.3 Å². The van der Waals surface area contributed by atoms with Crippen molar-refractivity contribution >= 4 is 29.3 Å². The number of amides is 3. The topological polar surface area (TPSA) is 117 Å². The number of rotatable bonds is 21. The second-order valence-corrected chi connectivity index (χ2v) is 18.3. The van der Waals surface area contributed by atoms with Gasteiger partial charge in [0.2, 0.25) is 17.7 Å². The highest BCUT2D eigenvalue weighted by Gasteiger charge is 2.45. The van der Waals surface area contributed by atoms with E-state index in [1.165, 1.54) is 0 Å². The van der Waals surface area contributed by atoms with Crippen LogP contribution in [0.5, 0.6) is 0 Å². The maximum atomic E-state index is 14.4. The molecule has 0 bridgehead atoms. The third-order valence-corrected chi connectivity index (χ3v) is 14.3. The quantitative estimate of drug-likeness (QED) is 0.139. The zero-order chi connectivity index (χ0) is 42.7. The molecule has 0 saturated carbocycles. The summed E-state index contributed by atoms with van der Waals surface area (Å²) in [4.78, 5) is 78.3. The molecule has 0 aromatic heterocycles. The van der Waals surface area contributed by atoms with Gasteiger partial charge in [0.25, 0.3) is 0 Å². The third kappa shape index (κ3) is 11.4. The number of ketones is 2. The van der Waals surface area contributed by atoms with Gasteiger partial charge in [0.05, 0.1) is 36.3 Å². The molecule has 3 heterocycles. The van der Waals surface area contributed by atoms with Gasteiger partial charge in [0.1, 0.15) is 5.78 Å². The number of carbonyl (C=O) groups is 5. The molecule has 9 atom stereocenters. The molecule has 0 radical (unpaired) electrons. The minimum atomic E-state index is -0.584. The highest BCUT2D eigenvalue weighted by molar-refractivity contribution is 5.93. The monoisotopic (exact) mass is 809 g/mol. The van der Waals surface area contributed by atoms with Crippen LogP contribution in [0.3, 0.4) is 0 Å². The van der Waals surface area contributed by atoms with Crippen molar-refractivity contribution in [2.45, 2.75) is 148 Å². The molecule has 11 nitrogen and oxygen atoms in total. The van der Waals surface area contributed by atoms with Gasteiger partial charge in [-0.2, -0.15) is 0 Å². The molecule has 326 valence electrons. The van der Waals surface area contributed by atoms with Gasteiger partial charge in [-0.15, -0.1) is 0 Å². The van der Waals surface area contributed by atoms with Crippen molar-refractivity contribution in [2.24, 2.45) is 29.6 Å². The van der Waals surface area contributed by atoms with Crippen molar-refractivity contribution in [1.82, 2.24) is 19.6 Å². The molecule has 3 aliphatic heterocycles. The summed E-state index contributed by atoms with van der Waals surface area (Å²) in [6.07, 6.45) is 6.83. The van der Waals surface area contributed by atoms with E-state index in [0.717, 1.165) is 70.1 Å². The van der Waals surface area contributed by atoms with Gasteiger partial charge in [-0.25, -0.2) is 0 Å². The number of likely N-dealkylation sites (tertiary alicyclic amines) is 3. The van der Waals surface area contributed by atoms with E-state index in [0.29, 0.717) is 19.4 Å². The smallest absolute Gasteiger partial charge is 0.226 e. The van der Waals surface area contributed by atoms with Gasteiger partial charge in [-0.3, -0.25) is 28.9 Å². The van der Waals surface area contributed by atoms with Crippen molar-refractivity contribution in [3.8, 4) is 0 Å². The van der Waals surface area contributed by atoms with Crippen LogP contribution in [-0.2, 0) is 39.9 Å². The van der Waals surface area contributed by atoms with Crippen LogP contribution in [0.4, 0.5) is 0 Å². The summed E-state index contributed by atoms with van der Waals surface area (Å²) in [5.74, 6) is -1.60. The molecule has 3 fully saturated rings. The molecule has 3 amide bonds. The van der Waals surface area contributed by atoms with Crippen LogP contribution >= 0.6 is 0 Å². The Morgan fingerprint density at radius 2 is 1.53 bits per heavy atom. The van der Waals surface area contributed by atoms with Gasteiger partial charge < -0.3 is 24.2 Å². The Labute approximate surface area is 349 Å². The number of hydrogen-bond donors (Lipinski definition) is 0. The Balaban J connectivity index is 1.48. The number of methoxy groups -OCH3 is 2. The first-order chi connectivity index (χ1) is 27.6. The van der Waals surface area contributed by atoms with Gasteiger partial charge in [0, 0.05) is 71.5 Å². The molecule has 58 heavy (non-hydrogen) atoms. The molecule has 3 aliphatic rings. The Hall–Kier alpha value is -3.15. The average molecular weight is 809 g/mol. The predicted octanol–water partition coefficient (Wildman–Crippen LogP) is 6.45. The standard InChI is InChI=1S/C47H76N4O7/c1-11-33(4)43(49(8)46(56)37(32(2)3)30-41(53)47(6)23-19-24-48(47)7)40(57-9)31-42(54)51-27-18-22-38(51)44(58-10)34(5)39(52)29-36(28-35-20-14-12-15-21-35)45(55)50-25-16-13-17-26-50/h12,14-15,20-21,32-34,36-38,40,43-44H,11,13,16-19,22-31H2,1-10H3/t33-,34-,36+,37-,38-,40+,43-,44+,47-/m0/s1. The predicted molar refractivity (Wildman–Crippen MR) is 228 cm³/mol. The van der Waals surface area contributed by atoms with Crippen LogP contribution in [0.1, 0.15) is 118 Å². The number of likely N-dealkylation sites (N-methyl/N-ethyl adjacent to an activating group) is 2. The van der Waals surface area contributed by atoms with Crippen LogP contribution in [0.25, 0.3) is 0 Å². The molecular formula is C47H76N4O7. The zero-order valence-electron chi connectivity index (χ0n) is 37.5. The van der Waals surface area contributed by atoms with Crippen LogP contribution in [0, 0.1) is 29.6 Å². The van der Waals surface area contributed by atoms with E-state index < -0.39 is 41.5 Å². The summed E-state index contributed by atoms with van der Waals surface area (Å²) in [6.45, 7) is 14.9. The molecule has 0 N–H and O–H groups in total. The first-order valence-electron chi connectivity index (χ1n) is 22.3. The maximum Gasteiger partial charge on any atom is 0.226 e. The SMILES string of the molecule is CC[C@H](C)[C@@H]([C@@H](CC(=O)N1CCC[C@H]1[C@H](OC)[C@@H](C)C(=O)C[C@@H](Cc1ccccc1)C(=O)N1CCCCC1)OC)N(C)C(=O)[C@@H](CC(=O)[C@]1(C)CCCN1C)C(C)C. The lowest BCUT2D eigenvalue weighted by molar-refractivity contribution is -0.149. The summed E-state index contributed by atoms with van der Waals surface area (Å²) < 4.78 is 12.2. The fraction of sp³-hybridized carbons (Fsp3) is 0.766. The fourth-order valence-electron chi connectivity index (χ4n) is 10.0. The van der Waals surface area contributed by atoms with Crippen molar-refractivity contribution in [3.63, 3.8) is 0 Å². The average Bonchev–Trinajstić information content (AvgIpc) is 3.85. The molecule has 1 aromatic carbocycles. The number of carbonyl (C=O) groups excluding carboxylic acids is 5. The number of ether oxygens (including phenoxy) is 2. The van der Waals surface area contributed by atoms with E-state index in [9.17, 15) is 24.0 Å². The molecule has 1 aromatic rings. The molecule has 0 aliphatic carbocycles. The summed E-state index contributed by atoms with van der Waals surface area (Å²) in [5.41, 5.74) is 0.469. The van der Waals surface area contributed by atoms with E-state index in [-0.39, 0.29) is 66.4 Å². The lowest BCUT2D eigenvalue weighted by atomic mass is 9.81. The summed E-state index contributed by atoms with van der Waals surface area (Å²) in [7, 11) is 6.99. The van der Waals surface area contributed by atoms with Gasteiger partial charge >= 0.3 is 0 Å². The highest BCUT2D eigenvalue weighted by Crippen LogP contribution is 2.34. The minimum Gasteiger partial charge on any atom is -0.379 e. The molecule has 4 rings (SSSR count). The Morgan fingerprint density at radius 3 is 2.10 bits per heavy atom. The van der Waals surface area contributed by atoms with E-state index in [2.05, 4.69) is 18.7 Å². The normalized spacial score (nSPS) is 23.9. The molecular weight excluding hydrogens is 733 g/mol. The maximum absolute atomic E-state index is 14.4. The largest absolute Gasteiger partial charge is 0.379 e. The minimum absolute atomic E-state index is 0.0175. The number of piperidine rings is 1. The molecule has 0 spiro atoms. The van der Waals surface area contributed by atoms with Gasteiger partial charge in [-0.1, -0.05) is 71.4 Å². The Kier molecular flexibility index (Phi) is 18.0. The van der Waals surface area contributed by atoms with Crippen LogP contribution < -0.4 is 0 Å². The number of hydrogen-bond acceptors (Lipinski definition) is 8. The van der Waals surface area contributed by atoms with E-state index in [1.807, 2.05) is 74.9 Å². The highest BCUT2D eigenvalue weighted by atomic mass is 16.5. The number of benzene rings is 1. The Bertz CT molecular complexity index is 1520.